The van der Waals surface area contributed by atoms with Crippen LogP contribution in [0.4, 0.5) is 0 Å². The van der Waals surface area contributed by atoms with Gasteiger partial charge in [-0.25, -0.2) is 0 Å². The molecule has 25 heavy (non-hydrogen) atoms. The summed E-state index contributed by atoms with van der Waals surface area (Å²) in [7, 11) is 5.15. The van der Waals surface area contributed by atoms with Gasteiger partial charge >= 0.3 is 5.97 Å². The van der Waals surface area contributed by atoms with Gasteiger partial charge in [0.1, 0.15) is 0 Å². The van der Waals surface area contributed by atoms with E-state index in [0.29, 0.717) is 6.42 Å². The minimum absolute atomic E-state index is 0. The Kier molecular flexibility index (Phi) is 11.5. The maximum absolute atomic E-state index is 11.1. The van der Waals surface area contributed by atoms with Crippen LogP contribution in [0, 0.1) is 13.8 Å². The van der Waals surface area contributed by atoms with Crippen LogP contribution < -0.4 is 10.6 Å². The summed E-state index contributed by atoms with van der Waals surface area (Å²) >= 11 is 0. The summed E-state index contributed by atoms with van der Waals surface area (Å²) < 4.78 is 6.55. The minimum Gasteiger partial charge on any atom is -0.469 e. The zero-order valence-corrected chi connectivity index (χ0v) is 18.5. The van der Waals surface area contributed by atoms with Crippen LogP contribution in [-0.2, 0) is 23.0 Å². The molecule has 8 heteroatoms. The molecule has 0 aliphatic carbocycles. The molecule has 1 unspecified atom stereocenters. The SMILES string of the molecule is CN=C(NCCCCC(=O)OC)NC(C)Cc1c(C)nn(C)c1C.I. The predicted molar refractivity (Wildman–Crippen MR) is 112 cm³/mol. The highest BCUT2D eigenvalue weighted by molar-refractivity contribution is 14.0. The average molecular weight is 465 g/mol. The van der Waals surface area contributed by atoms with E-state index < -0.39 is 0 Å². The van der Waals surface area contributed by atoms with Crippen molar-refractivity contribution in [3.8, 4) is 0 Å². The summed E-state index contributed by atoms with van der Waals surface area (Å²) in [6.45, 7) is 7.05. The van der Waals surface area contributed by atoms with Gasteiger partial charge in [0.15, 0.2) is 5.96 Å². The first-order chi connectivity index (χ1) is 11.4. The number of hydrogen-bond acceptors (Lipinski definition) is 4. The van der Waals surface area contributed by atoms with Crippen molar-refractivity contribution < 1.29 is 9.53 Å². The first-order valence-electron chi connectivity index (χ1n) is 8.42. The van der Waals surface area contributed by atoms with Gasteiger partial charge < -0.3 is 15.4 Å². The van der Waals surface area contributed by atoms with E-state index in [1.54, 1.807) is 7.05 Å². The van der Waals surface area contributed by atoms with Gasteiger partial charge in [-0.05, 0) is 45.6 Å². The van der Waals surface area contributed by atoms with Gasteiger partial charge in [0.2, 0.25) is 0 Å². The molecular formula is C17H32IN5O2. The van der Waals surface area contributed by atoms with Crippen LogP contribution in [-0.4, -0.2) is 48.5 Å². The number of carbonyl (C=O) groups is 1. The van der Waals surface area contributed by atoms with Crippen molar-refractivity contribution in [2.45, 2.75) is 52.5 Å². The second-order valence-electron chi connectivity index (χ2n) is 6.05. The minimum atomic E-state index is -0.159. The smallest absolute Gasteiger partial charge is 0.305 e. The number of aryl methyl sites for hydroxylation is 2. The normalized spacial score (nSPS) is 12.3. The third-order valence-electron chi connectivity index (χ3n) is 4.10. The molecule has 0 aliphatic rings. The van der Waals surface area contributed by atoms with Gasteiger partial charge in [-0.1, -0.05) is 0 Å². The summed E-state index contributed by atoms with van der Waals surface area (Å²) in [6, 6.07) is 0.243. The maximum Gasteiger partial charge on any atom is 0.305 e. The number of halogens is 1. The molecule has 7 nitrogen and oxygen atoms in total. The molecule has 0 radical (unpaired) electrons. The number of methoxy groups -OCH3 is 1. The lowest BCUT2D eigenvalue weighted by Crippen LogP contribution is -2.43. The largest absolute Gasteiger partial charge is 0.469 e. The predicted octanol–water partition coefficient (Wildman–Crippen LogP) is 2.09. The monoisotopic (exact) mass is 465 g/mol. The molecule has 0 saturated carbocycles. The molecule has 1 atom stereocenters. The number of hydrogen-bond donors (Lipinski definition) is 2. The first kappa shape index (κ1) is 23.7. The fourth-order valence-electron chi connectivity index (χ4n) is 2.60. The first-order valence-corrected chi connectivity index (χ1v) is 8.42. The third-order valence-corrected chi connectivity index (χ3v) is 4.10. The molecule has 144 valence electrons. The van der Waals surface area contributed by atoms with Crippen molar-refractivity contribution in [1.82, 2.24) is 20.4 Å². The lowest BCUT2D eigenvalue weighted by atomic mass is 10.1. The maximum atomic E-state index is 11.1. The number of guanidine groups is 1. The van der Waals surface area contributed by atoms with Gasteiger partial charge in [-0.3, -0.25) is 14.5 Å². The number of ether oxygens (including phenoxy) is 1. The molecule has 1 aromatic rings. The van der Waals surface area contributed by atoms with Crippen molar-refractivity contribution in [2.75, 3.05) is 20.7 Å². The molecule has 0 amide bonds. The van der Waals surface area contributed by atoms with Gasteiger partial charge in [0, 0.05) is 38.8 Å². The highest BCUT2D eigenvalue weighted by atomic mass is 127. The zero-order valence-electron chi connectivity index (χ0n) is 16.2. The molecule has 0 fully saturated rings. The van der Waals surface area contributed by atoms with Crippen LogP contribution in [0.25, 0.3) is 0 Å². The van der Waals surface area contributed by atoms with Crippen molar-refractivity contribution in [3.63, 3.8) is 0 Å². The van der Waals surface area contributed by atoms with Crippen molar-refractivity contribution >= 4 is 35.9 Å². The van der Waals surface area contributed by atoms with E-state index >= 15 is 0 Å². The number of aromatic nitrogens is 2. The Hall–Kier alpha value is -1.32. The summed E-state index contributed by atoms with van der Waals surface area (Å²) in [6.07, 6.45) is 3.06. The van der Waals surface area contributed by atoms with Crippen LogP contribution in [0.5, 0.6) is 0 Å². The number of nitrogens with one attached hydrogen (secondary N) is 2. The van der Waals surface area contributed by atoms with E-state index in [2.05, 4.69) is 39.3 Å². The van der Waals surface area contributed by atoms with E-state index in [4.69, 9.17) is 0 Å². The summed E-state index contributed by atoms with van der Waals surface area (Å²) in [5.74, 6) is 0.619. The summed E-state index contributed by atoms with van der Waals surface area (Å²) in [4.78, 5) is 15.3. The molecule has 0 saturated heterocycles. The molecular weight excluding hydrogens is 433 g/mol. The number of unbranched alkanes of at least 4 members (excludes halogenated alkanes) is 1. The van der Waals surface area contributed by atoms with Gasteiger partial charge in [0.05, 0.1) is 12.8 Å². The van der Waals surface area contributed by atoms with E-state index in [0.717, 1.165) is 37.5 Å². The number of nitrogens with zero attached hydrogens (tertiary/aromatic N) is 3. The average Bonchev–Trinajstić information content (AvgIpc) is 2.79. The zero-order chi connectivity index (χ0) is 18.1. The van der Waals surface area contributed by atoms with Gasteiger partial charge in [-0.2, -0.15) is 5.10 Å². The van der Waals surface area contributed by atoms with Crippen LogP contribution in [0.1, 0.15) is 43.1 Å². The molecule has 1 heterocycles. The van der Waals surface area contributed by atoms with E-state index in [1.807, 2.05) is 18.7 Å². The van der Waals surface area contributed by atoms with E-state index in [1.165, 1.54) is 18.4 Å². The van der Waals surface area contributed by atoms with Crippen LogP contribution in [0.3, 0.4) is 0 Å². The summed E-state index contributed by atoms with van der Waals surface area (Å²) in [5.41, 5.74) is 3.56. The lowest BCUT2D eigenvalue weighted by Gasteiger charge is -2.18. The number of carbonyl (C=O) groups excluding carboxylic acids is 1. The Morgan fingerprint density at radius 1 is 1.36 bits per heavy atom. The van der Waals surface area contributed by atoms with Crippen molar-refractivity contribution in [2.24, 2.45) is 12.0 Å². The topological polar surface area (TPSA) is 80.5 Å². The fraction of sp³-hybridized carbons (Fsp3) is 0.706. The van der Waals surface area contributed by atoms with E-state index in [-0.39, 0.29) is 36.0 Å². The van der Waals surface area contributed by atoms with Crippen LogP contribution in [0.15, 0.2) is 4.99 Å². The molecule has 2 N–H and O–H groups in total. The van der Waals surface area contributed by atoms with Crippen LogP contribution >= 0.6 is 24.0 Å². The van der Waals surface area contributed by atoms with Gasteiger partial charge in [0.25, 0.3) is 0 Å². The second kappa shape index (κ2) is 12.1. The van der Waals surface area contributed by atoms with Gasteiger partial charge in [-0.15, -0.1) is 24.0 Å². The molecule has 0 aromatic carbocycles. The van der Waals surface area contributed by atoms with Crippen molar-refractivity contribution in [3.05, 3.63) is 17.0 Å². The third kappa shape index (κ3) is 8.06. The molecule has 1 aromatic heterocycles. The second-order valence-corrected chi connectivity index (χ2v) is 6.05. The van der Waals surface area contributed by atoms with Crippen LogP contribution in [0.2, 0.25) is 0 Å². The molecule has 0 aliphatic heterocycles. The molecule has 0 spiro atoms. The van der Waals surface area contributed by atoms with Crippen molar-refractivity contribution in [1.29, 1.82) is 0 Å². The summed E-state index contributed by atoms with van der Waals surface area (Å²) in [5, 5.41) is 11.1. The Bertz CT molecular complexity index is 572. The number of rotatable bonds is 8. The Labute approximate surface area is 168 Å². The number of aliphatic imine (C=N–C) groups is 1. The molecule has 1 rings (SSSR count). The highest BCUT2D eigenvalue weighted by Crippen LogP contribution is 2.14. The fourth-order valence-corrected chi connectivity index (χ4v) is 2.60. The highest BCUT2D eigenvalue weighted by Gasteiger charge is 2.13. The molecule has 0 bridgehead atoms. The van der Waals surface area contributed by atoms with E-state index in [9.17, 15) is 4.79 Å². The lowest BCUT2D eigenvalue weighted by molar-refractivity contribution is -0.140. The standard InChI is InChI=1S/C17H31N5O2.HI/c1-12(11-15-13(2)21-22(5)14(15)3)20-17(18-4)19-10-8-7-9-16(23)24-6;/h12H,7-11H2,1-6H3,(H2,18,19,20);1H. The quantitative estimate of drug-likeness (QED) is 0.202. The Morgan fingerprint density at radius 3 is 2.56 bits per heavy atom. The Balaban J connectivity index is 0.00000576. The number of esters is 1. The Morgan fingerprint density at radius 2 is 2.04 bits per heavy atom.